The molecular weight excluding hydrogens is 334 g/mol. The van der Waals surface area contributed by atoms with Gasteiger partial charge in [-0.15, -0.1) is 0 Å². The van der Waals surface area contributed by atoms with Crippen LogP contribution in [0.4, 0.5) is 0 Å². The van der Waals surface area contributed by atoms with Crippen molar-refractivity contribution in [3.63, 3.8) is 0 Å². The maximum absolute atomic E-state index is 12.5. The molecule has 2 heterocycles. The third-order valence-electron chi connectivity index (χ3n) is 4.65. The summed E-state index contributed by atoms with van der Waals surface area (Å²) in [5, 5.41) is 3.86. The number of hydrogen-bond acceptors (Lipinski definition) is 3. The summed E-state index contributed by atoms with van der Waals surface area (Å²) in [6.45, 7) is 3.05. The van der Waals surface area contributed by atoms with Crippen molar-refractivity contribution in [2.75, 3.05) is 19.6 Å². The summed E-state index contributed by atoms with van der Waals surface area (Å²) in [6.07, 6.45) is 7.81. The van der Waals surface area contributed by atoms with Crippen LogP contribution in [0, 0.1) is 0 Å². The molecule has 0 radical (unpaired) electrons. The van der Waals surface area contributed by atoms with E-state index in [1.54, 1.807) is 12.4 Å². The van der Waals surface area contributed by atoms with Crippen LogP contribution in [0.2, 0.25) is 5.02 Å². The molecule has 0 spiro atoms. The van der Waals surface area contributed by atoms with E-state index in [1.165, 1.54) is 19.3 Å². The van der Waals surface area contributed by atoms with Gasteiger partial charge in [-0.1, -0.05) is 30.2 Å². The molecule has 1 aromatic heterocycles. The van der Waals surface area contributed by atoms with Crippen molar-refractivity contribution in [2.45, 2.75) is 31.7 Å². The maximum Gasteiger partial charge on any atom is 0.222 e. The summed E-state index contributed by atoms with van der Waals surface area (Å²) >= 11 is 6.00. The van der Waals surface area contributed by atoms with Gasteiger partial charge in [-0.25, -0.2) is 0 Å². The van der Waals surface area contributed by atoms with Gasteiger partial charge in [0.15, 0.2) is 0 Å². The third kappa shape index (κ3) is 5.28. The van der Waals surface area contributed by atoms with Crippen molar-refractivity contribution in [1.82, 2.24) is 15.2 Å². The SMILES string of the molecule is O=C(CCN1CCCCC1)NC(c1ccncc1)c1ccc(Cl)cc1. The molecule has 1 aromatic carbocycles. The number of pyridine rings is 1. The molecule has 1 aliphatic heterocycles. The molecule has 132 valence electrons. The Bertz CT molecular complexity index is 669. The van der Waals surface area contributed by atoms with Crippen LogP contribution >= 0.6 is 11.6 Å². The minimum Gasteiger partial charge on any atom is -0.345 e. The van der Waals surface area contributed by atoms with Gasteiger partial charge in [0.1, 0.15) is 0 Å². The lowest BCUT2D eigenvalue weighted by Gasteiger charge is -2.26. The number of amides is 1. The minimum absolute atomic E-state index is 0.0716. The van der Waals surface area contributed by atoms with Crippen LogP contribution in [-0.2, 0) is 4.79 Å². The Hall–Kier alpha value is -1.91. The Morgan fingerprint density at radius 2 is 1.68 bits per heavy atom. The highest BCUT2D eigenvalue weighted by Crippen LogP contribution is 2.23. The monoisotopic (exact) mass is 357 g/mol. The van der Waals surface area contributed by atoms with Gasteiger partial charge >= 0.3 is 0 Å². The summed E-state index contributed by atoms with van der Waals surface area (Å²) in [5.74, 6) is 0.0716. The van der Waals surface area contributed by atoms with Crippen molar-refractivity contribution in [2.24, 2.45) is 0 Å². The average molecular weight is 358 g/mol. The molecule has 1 amide bonds. The normalized spacial score (nSPS) is 16.4. The van der Waals surface area contributed by atoms with Gasteiger partial charge in [0, 0.05) is 30.4 Å². The molecule has 3 rings (SSSR count). The van der Waals surface area contributed by atoms with Gasteiger partial charge in [-0.05, 0) is 61.3 Å². The van der Waals surface area contributed by atoms with Crippen molar-refractivity contribution in [1.29, 1.82) is 0 Å². The molecular formula is C20H24ClN3O. The number of nitrogens with zero attached hydrogens (tertiary/aromatic N) is 2. The summed E-state index contributed by atoms with van der Waals surface area (Å²) in [5.41, 5.74) is 2.03. The van der Waals surface area contributed by atoms with Crippen molar-refractivity contribution in [3.8, 4) is 0 Å². The molecule has 0 saturated carbocycles. The lowest BCUT2D eigenvalue weighted by atomic mass is 9.99. The molecule has 4 nitrogen and oxygen atoms in total. The number of aromatic nitrogens is 1. The van der Waals surface area contributed by atoms with Crippen molar-refractivity contribution >= 4 is 17.5 Å². The number of benzene rings is 1. The van der Waals surface area contributed by atoms with Gasteiger partial charge in [-0.3, -0.25) is 9.78 Å². The topological polar surface area (TPSA) is 45.2 Å². The van der Waals surface area contributed by atoms with E-state index in [9.17, 15) is 4.79 Å². The molecule has 1 aliphatic rings. The predicted molar refractivity (Wildman–Crippen MR) is 101 cm³/mol. The molecule has 5 heteroatoms. The molecule has 1 N–H and O–H groups in total. The molecule has 1 saturated heterocycles. The van der Waals surface area contributed by atoms with Crippen LogP contribution in [0.25, 0.3) is 0 Å². The average Bonchev–Trinajstić information content (AvgIpc) is 2.67. The zero-order valence-electron chi connectivity index (χ0n) is 14.3. The Labute approximate surface area is 154 Å². The van der Waals surface area contributed by atoms with Crippen molar-refractivity contribution in [3.05, 3.63) is 64.9 Å². The highest BCUT2D eigenvalue weighted by Gasteiger charge is 2.18. The standard InChI is InChI=1S/C20H24ClN3O/c21-18-6-4-16(5-7-18)20(17-8-11-22-12-9-17)23-19(25)10-15-24-13-2-1-3-14-24/h4-9,11-12,20H,1-3,10,13-15H2,(H,23,25). The molecule has 0 aliphatic carbocycles. The van der Waals surface area contributed by atoms with Crippen LogP contribution in [0.1, 0.15) is 42.9 Å². The zero-order valence-corrected chi connectivity index (χ0v) is 15.1. The summed E-state index contributed by atoms with van der Waals surface area (Å²) in [4.78, 5) is 19.0. The van der Waals surface area contributed by atoms with Crippen LogP contribution in [0.15, 0.2) is 48.8 Å². The van der Waals surface area contributed by atoms with E-state index in [2.05, 4.69) is 15.2 Å². The highest BCUT2D eigenvalue weighted by molar-refractivity contribution is 6.30. The number of nitrogens with one attached hydrogen (secondary N) is 1. The zero-order chi connectivity index (χ0) is 17.5. The highest BCUT2D eigenvalue weighted by atomic mass is 35.5. The van der Waals surface area contributed by atoms with E-state index in [0.29, 0.717) is 11.4 Å². The van der Waals surface area contributed by atoms with E-state index in [-0.39, 0.29) is 11.9 Å². The summed E-state index contributed by atoms with van der Waals surface area (Å²) in [6, 6.07) is 11.3. The number of hydrogen-bond donors (Lipinski definition) is 1. The van der Waals surface area contributed by atoms with E-state index in [0.717, 1.165) is 30.8 Å². The summed E-state index contributed by atoms with van der Waals surface area (Å²) < 4.78 is 0. The molecule has 1 atom stereocenters. The van der Waals surface area contributed by atoms with Crippen LogP contribution in [0.3, 0.4) is 0 Å². The van der Waals surface area contributed by atoms with Gasteiger partial charge in [0.25, 0.3) is 0 Å². The summed E-state index contributed by atoms with van der Waals surface area (Å²) in [7, 11) is 0. The number of likely N-dealkylation sites (tertiary alicyclic amines) is 1. The van der Waals surface area contributed by atoms with E-state index in [1.807, 2.05) is 36.4 Å². The van der Waals surface area contributed by atoms with Gasteiger partial charge in [0.05, 0.1) is 6.04 Å². The van der Waals surface area contributed by atoms with E-state index < -0.39 is 0 Å². The first-order valence-electron chi connectivity index (χ1n) is 8.89. The first-order chi connectivity index (χ1) is 12.2. The number of carbonyl (C=O) groups excluding carboxylic acids is 1. The largest absolute Gasteiger partial charge is 0.345 e. The van der Waals surface area contributed by atoms with Gasteiger partial charge in [0.2, 0.25) is 5.91 Å². The van der Waals surface area contributed by atoms with Crippen LogP contribution < -0.4 is 5.32 Å². The van der Waals surface area contributed by atoms with E-state index >= 15 is 0 Å². The second-order valence-electron chi connectivity index (χ2n) is 6.48. The fourth-order valence-corrected chi connectivity index (χ4v) is 3.37. The second-order valence-corrected chi connectivity index (χ2v) is 6.92. The Balaban J connectivity index is 1.66. The minimum atomic E-state index is -0.186. The smallest absolute Gasteiger partial charge is 0.222 e. The Morgan fingerprint density at radius 3 is 2.36 bits per heavy atom. The quantitative estimate of drug-likeness (QED) is 0.854. The first-order valence-corrected chi connectivity index (χ1v) is 9.27. The number of carbonyl (C=O) groups is 1. The number of halogens is 1. The second kappa shape index (κ2) is 8.97. The van der Waals surface area contributed by atoms with Crippen LogP contribution in [-0.4, -0.2) is 35.4 Å². The number of rotatable bonds is 6. The Kier molecular flexibility index (Phi) is 6.42. The fraction of sp³-hybridized carbons (Fsp3) is 0.400. The first kappa shape index (κ1) is 17.9. The van der Waals surface area contributed by atoms with Crippen LogP contribution in [0.5, 0.6) is 0 Å². The number of piperidine rings is 1. The fourth-order valence-electron chi connectivity index (χ4n) is 3.25. The predicted octanol–water partition coefficient (Wildman–Crippen LogP) is 3.82. The maximum atomic E-state index is 12.5. The molecule has 1 unspecified atom stereocenters. The van der Waals surface area contributed by atoms with Gasteiger partial charge in [-0.2, -0.15) is 0 Å². The molecule has 1 fully saturated rings. The van der Waals surface area contributed by atoms with Gasteiger partial charge < -0.3 is 10.2 Å². The third-order valence-corrected chi connectivity index (χ3v) is 4.90. The lowest BCUT2D eigenvalue weighted by Crippen LogP contribution is -2.35. The van der Waals surface area contributed by atoms with E-state index in [4.69, 9.17) is 11.6 Å². The van der Waals surface area contributed by atoms with Crippen molar-refractivity contribution < 1.29 is 4.79 Å². The molecule has 25 heavy (non-hydrogen) atoms. The molecule has 0 bridgehead atoms. The lowest BCUT2D eigenvalue weighted by molar-refractivity contribution is -0.122. The Morgan fingerprint density at radius 1 is 1.04 bits per heavy atom. The molecule has 2 aromatic rings.